The third kappa shape index (κ3) is 5.37. The molecule has 0 rings (SSSR count). The fraction of sp³-hybridized carbons (Fsp3) is 0.800. The zero-order valence-electron chi connectivity index (χ0n) is 9.52. The van der Waals surface area contributed by atoms with Crippen LogP contribution in [0.4, 0.5) is 0 Å². The molecule has 0 aromatic rings. The largest absolute Gasteiger partial charge is 0.481 e. The minimum atomic E-state index is -0.881. The van der Waals surface area contributed by atoms with Gasteiger partial charge in [-0.1, -0.05) is 6.92 Å². The number of carbonyl (C=O) groups is 2. The molecule has 0 saturated carbocycles. The van der Waals surface area contributed by atoms with Crippen LogP contribution in [0.2, 0.25) is 0 Å². The quantitative estimate of drug-likeness (QED) is 0.678. The lowest BCUT2D eigenvalue weighted by molar-refractivity contribution is -0.143. The number of methoxy groups -OCH3 is 1. The second-order valence-corrected chi connectivity index (χ2v) is 3.41. The number of nitrogens with zero attached hydrogens (tertiary/aromatic N) is 1. The molecule has 0 aromatic carbocycles. The second kappa shape index (κ2) is 7.23. The minimum Gasteiger partial charge on any atom is -0.481 e. The number of hydrogen-bond acceptors (Lipinski definition) is 3. The molecule has 1 atom stereocenters. The number of carboxylic acid groups (broad SMARTS) is 1. The molecular weight excluding hydrogens is 198 g/mol. The number of carbonyl (C=O) groups excluding carboxylic acids is 1. The van der Waals surface area contributed by atoms with E-state index in [1.165, 1.54) is 12.0 Å². The van der Waals surface area contributed by atoms with Crippen LogP contribution in [-0.4, -0.2) is 48.7 Å². The third-order valence-electron chi connectivity index (χ3n) is 2.17. The summed E-state index contributed by atoms with van der Waals surface area (Å²) in [6, 6.07) is 0. The standard InChI is InChI=1S/C10H19NO4/c1-4-11(7-8(2)10(13)14)9(12)5-6-15-3/h8H,4-7H2,1-3H3,(H,13,14). The number of ether oxygens (including phenoxy) is 1. The second-order valence-electron chi connectivity index (χ2n) is 3.41. The maximum Gasteiger partial charge on any atom is 0.308 e. The molecule has 5 heteroatoms. The Morgan fingerprint density at radius 3 is 2.47 bits per heavy atom. The van der Waals surface area contributed by atoms with Crippen molar-refractivity contribution in [2.24, 2.45) is 5.92 Å². The first-order valence-corrected chi connectivity index (χ1v) is 5.02. The third-order valence-corrected chi connectivity index (χ3v) is 2.17. The lowest BCUT2D eigenvalue weighted by Crippen LogP contribution is -2.37. The van der Waals surface area contributed by atoms with Crippen LogP contribution in [0.15, 0.2) is 0 Å². The predicted molar refractivity (Wildman–Crippen MR) is 55.5 cm³/mol. The maximum atomic E-state index is 11.5. The topological polar surface area (TPSA) is 66.8 Å². The van der Waals surface area contributed by atoms with Crippen molar-refractivity contribution >= 4 is 11.9 Å². The Bertz CT molecular complexity index is 217. The highest BCUT2D eigenvalue weighted by Gasteiger charge is 2.18. The normalized spacial score (nSPS) is 12.2. The molecule has 15 heavy (non-hydrogen) atoms. The van der Waals surface area contributed by atoms with Crippen molar-refractivity contribution in [3.8, 4) is 0 Å². The van der Waals surface area contributed by atoms with E-state index in [-0.39, 0.29) is 12.5 Å². The van der Waals surface area contributed by atoms with Gasteiger partial charge in [0.2, 0.25) is 5.91 Å². The number of rotatable bonds is 7. The summed E-state index contributed by atoms with van der Waals surface area (Å²) in [6.45, 7) is 4.58. The molecule has 0 aliphatic carbocycles. The number of carboxylic acids is 1. The van der Waals surface area contributed by atoms with Crippen molar-refractivity contribution in [2.75, 3.05) is 26.8 Å². The molecule has 0 fully saturated rings. The van der Waals surface area contributed by atoms with Gasteiger partial charge in [-0.3, -0.25) is 9.59 Å². The summed E-state index contributed by atoms with van der Waals surface area (Å²) in [6.07, 6.45) is 0.302. The van der Waals surface area contributed by atoms with Crippen LogP contribution in [0, 0.1) is 5.92 Å². The highest BCUT2D eigenvalue weighted by Crippen LogP contribution is 2.02. The molecule has 0 aliphatic heterocycles. The van der Waals surface area contributed by atoms with Crippen LogP contribution < -0.4 is 0 Å². The number of amides is 1. The van der Waals surface area contributed by atoms with E-state index in [9.17, 15) is 9.59 Å². The van der Waals surface area contributed by atoms with E-state index in [4.69, 9.17) is 9.84 Å². The average molecular weight is 217 g/mol. The Hall–Kier alpha value is -1.10. The van der Waals surface area contributed by atoms with E-state index in [2.05, 4.69) is 0 Å². The van der Waals surface area contributed by atoms with Gasteiger partial charge in [0, 0.05) is 20.2 Å². The Labute approximate surface area is 90.0 Å². The molecule has 0 aliphatic rings. The van der Waals surface area contributed by atoms with Crippen molar-refractivity contribution in [3.63, 3.8) is 0 Å². The summed E-state index contributed by atoms with van der Waals surface area (Å²) < 4.78 is 4.80. The summed E-state index contributed by atoms with van der Waals surface area (Å²) in [4.78, 5) is 23.7. The van der Waals surface area contributed by atoms with E-state index < -0.39 is 11.9 Å². The van der Waals surface area contributed by atoms with Gasteiger partial charge in [-0.2, -0.15) is 0 Å². The number of hydrogen-bond donors (Lipinski definition) is 1. The van der Waals surface area contributed by atoms with E-state index >= 15 is 0 Å². The fourth-order valence-corrected chi connectivity index (χ4v) is 1.16. The van der Waals surface area contributed by atoms with Crippen LogP contribution in [0.3, 0.4) is 0 Å². The Morgan fingerprint density at radius 2 is 2.07 bits per heavy atom. The first kappa shape index (κ1) is 13.9. The van der Waals surface area contributed by atoms with Crippen LogP contribution >= 0.6 is 0 Å². The highest BCUT2D eigenvalue weighted by atomic mass is 16.5. The van der Waals surface area contributed by atoms with E-state index in [1.54, 1.807) is 6.92 Å². The van der Waals surface area contributed by atoms with E-state index in [0.29, 0.717) is 19.6 Å². The van der Waals surface area contributed by atoms with Gasteiger partial charge in [-0.15, -0.1) is 0 Å². The molecule has 88 valence electrons. The molecule has 0 saturated heterocycles. The highest BCUT2D eigenvalue weighted by molar-refractivity contribution is 5.77. The summed E-state index contributed by atoms with van der Waals surface area (Å²) in [5, 5.41) is 8.72. The number of aliphatic carboxylic acids is 1. The van der Waals surface area contributed by atoms with Gasteiger partial charge in [-0.05, 0) is 6.92 Å². The molecule has 1 unspecified atom stereocenters. The molecule has 1 N–H and O–H groups in total. The summed E-state index contributed by atoms with van der Waals surface area (Å²) in [7, 11) is 1.53. The molecule has 1 amide bonds. The Morgan fingerprint density at radius 1 is 1.47 bits per heavy atom. The molecular formula is C10H19NO4. The molecule has 0 bridgehead atoms. The maximum absolute atomic E-state index is 11.5. The SMILES string of the molecule is CCN(CC(C)C(=O)O)C(=O)CCOC. The van der Waals surface area contributed by atoms with Crippen LogP contribution in [0.25, 0.3) is 0 Å². The van der Waals surface area contributed by atoms with Crippen molar-refractivity contribution in [3.05, 3.63) is 0 Å². The van der Waals surface area contributed by atoms with E-state index in [0.717, 1.165) is 0 Å². The summed E-state index contributed by atoms with van der Waals surface area (Å²) >= 11 is 0. The lowest BCUT2D eigenvalue weighted by Gasteiger charge is -2.22. The van der Waals surface area contributed by atoms with Gasteiger partial charge in [0.15, 0.2) is 0 Å². The van der Waals surface area contributed by atoms with Crippen molar-refractivity contribution in [1.29, 1.82) is 0 Å². The van der Waals surface area contributed by atoms with Crippen LogP contribution in [0.1, 0.15) is 20.3 Å². The minimum absolute atomic E-state index is 0.0625. The molecule has 0 spiro atoms. The fourth-order valence-electron chi connectivity index (χ4n) is 1.16. The summed E-state index contributed by atoms with van der Waals surface area (Å²) in [5.74, 6) is -1.48. The zero-order valence-corrected chi connectivity index (χ0v) is 9.52. The van der Waals surface area contributed by atoms with Gasteiger partial charge >= 0.3 is 5.97 Å². The first-order chi connectivity index (χ1) is 7.02. The predicted octanol–water partition coefficient (Wildman–Crippen LogP) is 0.592. The average Bonchev–Trinajstić information content (AvgIpc) is 2.21. The van der Waals surface area contributed by atoms with Gasteiger partial charge < -0.3 is 14.7 Å². The molecule has 0 radical (unpaired) electrons. The Balaban J connectivity index is 4.11. The molecule has 0 aromatic heterocycles. The Kier molecular flexibility index (Phi) is 6.70. The van der Waals surface area contributed by atoms with Gasteiger partial charge in [0.05, 0.1) is 18.9 Å². The van der Waals surface area contributed by atoms with Crippen molar-refractivity contribution in [2.45, 2.75) is 20.3 Å². The smallest absolute Gasteiger partial charge is 0.308 e. The van der Waals surface area contributed by atoms with Crippen molar-refractivity contribution in [1.82, 2.24) is 4.90 Å². The zero-order chi connectivity index (χ0) is 11.8. The summed E-state index contributed by atoms with van der Waals surface area (Å²) in [5.41, 5.74) is 0. The monoisotopic (exact) mass is 217 g/mol. The van der Waals surface area contributed by atoms with Gasteiger partial charge in [0.25, 0.3) is 0 Å². The lowest BCUT2D eigenvalue weighted by atomic mass is 10.1. The van der Waals surface area contributed by atoms with E-state index in [1.807, 2.05) is 6.92 Å². The van der Waals surface area contributed by atoms with Crippen LogP contribution in [-0.2, 0) is 14.3 Å². The van der Waals surface area contributed by atoms with Crippen molar-refractivity contribution < 1.29 is 19.4 Å². The van der Waals surface area contributed by atoms with Crippen LogP contribution in [0.5, 0.6) is 0 Å². The first-order valence-electron chi connectivity index (χ1n) is 5.02. The molecule has 0 heterocycles. The van der Waals surface area contributed by atoms with Gasteiger partial charge in [0.1, 0.15) is 0 Å². The van der Waals surface area contributed by atoms with Gasteiger partial charge in [-0.25, -0.2) is 0 Å². The molecule has 5 nitrogen and oxygen atoms in total.